The molecule has 7 nitrogen and oxygen atoms in total. The minimum absolute atomic E-state index is 0.0602. The van der Waals surface area contributed by atoms with Crippen LogP contribution in [0.25, 0.3) is 0 Å². The molecule has 1 aliphatic carbocycles. The fraction of sp³-hybridized carbons (Fsp3) is 0.593. The molecule has 1 saturated heterocycles. The van der Waals surface area contributed by atoms with E-state index in [0.29, 0.717) is 6.54 Å². The Bertz CT molecular complexity index is 884. The molecule has 3 rings (SSSR count). The molecule has 1 aliphatic heterocycles. The topological polar surface area (TPSA) is 95.9 Å². The Morgan fingerprint density at radius 2 is 1.85 bits per heavy atom. The van der Waals surface area contributed by atoms with Gasteiger partial charge in [0.25, 0.3) is 0 Å². The first-order valence-corrected chi connectivity index (χ1v) is 12.4. The fourth-order valence-corrected chi connectivity index (χ4v) is 5.48. The molecule has 34 heavy (non-hydrogen) atoms. The van der Waals surface area contributed by atoms with E-state index < -0.39 is 29.8 Å². The van der Waals surface area contributed by atoms with Crippen LogP contribution in [0.15, 0.2) is 42.5 Å². The van der Waals surface area contributed by atoms with Crippen LogP contribution in [0.3, 0.4) is 0 Å². The Labute approximate surface area is 202 Å². The van der Waals surface area contributed by atoms with Gasteiger partial charge >= 0.3 is 5.97 Å². The largest absolute Gasteiger partial charge is 0.466 e. The molecule has 7 heteroatoms. The number of allylic oxidation sites excluding steroid dienone is 1. The number of ether oxygens (including phenoxy) is 1. The third-order valence-corrected chi connectivity index (χ3v) is 7.12. The van der Waals surface area contributed by atoms with Crippen LogP contribution >= 0.6 is 0 Å². The van der Waals surface area contributed by atoms with Gasteiger partial charge in [-0.2, -0.15) is 0 Å². The number of nitrogens with zero attached hydrogens (tertiary/aromatic N) is 1. The molecule has 186 valence electrons. The fourth-order valence-electron chi connectivity index (χ4n) is 5.48. The zero-order chi connectivity index (χ0) is 24.8. The maximum Gasteiger partial charge on any atom is 0.310 e. The lowest BCUT2D eigenvalue weighted by Crippen LogP contribution is -2.53. The second-order valence-electron chi connectivity index (χ2n) is 9.61. The van der Waals surface area contributed by atoms with Crippen molar-refractivity contribution >= 4 is 17.8 Å². The van der Waals surface area contributed by atoms with Gasteiger partial charge in [0.2, 0.25) is 11.8 Å². The lowest BCUT2D eigenvalue weighted by Gasteiger charge is -2.35. The van der Waals surface area contributed by atoms with Gasteiger partial charge < -0.3 is 20.1 Å². The summed E-state index contributed by atoms with van der Waals surface area (Å²) < 4.78 is 5.39. The average Bonchev–Trinajstić information content (AvgIpc) is 3.11. The van der Waals surface area contributed by atoms with Crippen molar-refractivity contribution in [1.82, 2.24) is 10.2 Å². The molecule has 0 spiro atoms. The van der Waals surface area contributed by atoms with E-state index in [1.807, 2.05) is 63.3 Å². The summed E-state index contributed by atoms with van der Waals surface area (Å²) >= 11 is 0. The number of fused-ring (bicyclic) bond motifs is 1. The Balaban J connectivity index is 1.99. The highest BCUT2D eigenvalue weighted by Gasteiger charge is 2.59. The van der Waals surface area contributed by atoms with E-state index in [9.17, 15) is 19.5 Å². The summed E-state index contributed by atoms with van der Waals surface area (Å²) in [6.07, 6.45) is 5.56. The minimum Gasteiger partial charge on any atom is -0.466 e. The average molecular weight is 471 g/mol. The summed E-state index contributed by atoms with van der Waals surface area (Å²) in [5, 5.41) is 13.2. The summed E-state index contributed by atoms with van der Waals surface area (Å²) in [7, 11) is 0. The van der Waals surface area contributed by atoms with Crippen LogP contribution in [-0.2, 0) is 25.7 Å². The zero-order valence-electron chi connectivity index (χ0n) is 20.6. The van der Waals surface area contributed by atoms with Crippen LogP contribution < -0.4 is 5.32 Å². The van der Waals surface area contributed by atoms with E-state index in [1.54, 1.807) is 11.8 Å². The number of hydrogen-bond donors (Lipinski definition) is 2. The maximum absolute atomic E-state index is 13.9. The normalized spacial score (nSPS) is 26.9. The van der Waals surface area contributed by atoms with Crippen LogP contribution in [0.5, 0.6) is 0 Å². The number of benzene rings is 1. The number of aliphatic hydroxyl groups is 1. The Kier molecular flexibility index (Phi) is 8.89. The van der Waals surface area contributed by atoms with Crippen molar-refractivity contribution in [1.29, 1.82) is 0 Å². The summed E-state index contributed by atoms with van der Waals surface area (Å²) in [6, 6.07) is 8.27. The molecule has 1 heterocycles. The van der Waals surface area contributed by atoms with Crippen molar-refractivity contribution in [2.24, 2.45) is 29.6 Å². The maximum atomic E-state index is 13.9. The minimum atomic E-state index is -0.795. The van der Waals surface area contributed by atoms with Gasteiger partial charge in [0.1, 0.15) is 6.04 Å². The summed E-state index contributed by atoms with van der Waals surface area (Å²) in [4.78, 5) is 42.0. The molecule has 0 unspecified atom stereocenters. The van der Waals surface area contributed by atoms with Gasteiger partial charge in [-0.25, -0.2) is 0 Å². The van der Waals surface area contributed by atoms with E-state index in [4.69, 9.17) is 4.74 Å². The van der Waals surface area contributed by atoms with Gasteiger partial charge in [-0.1, -0.05) is 69.7 Å². The van der Waals surface area contributed by atoms with Crippen molar-refractivity contribution in [3.8, 4) is 0 Å². The molecule has 0 saturated carbocycles. The Hall–Kier alpha value is -2.67. The van der Waals surface area contributed by atoms with Crippen molar-refractivity contribution < 1.29 is 24.2 Å². The molecule has 2 amide bonds. The first-order valence-electron chi connectivity index (χ1n) is 12.4. The summed E-state index contributed by atoms with van der Waals surface area (Å²) in [5.41, 5.74) is 0.956. The molecule has 2 N–H and O–H groups in total. The molecule has 2 aliphatic rings. The molecule has 1 aromatic rings. The molecule has 0 radical (unpaired) electrons. The first kappa shape index (κ1) is 25.9. The summed E-state index contributed by atoms with van der Waals surface area (Å²) in [6.45, 7) is 7.97. The molecule has 6 atom stereocenters. The van der Waals surface area contributed by atoms with Gasteiger partial charge in [-0.15, -0.1) is 0 Å². The first-order chi connectivity index (χ1) is 16.3. The zero-order valence-corrected chi connectivity index (χ0v) is 20.6. The molecular weight excluding hydrogens is 432 g/mol. The number of likely N-dealkylation sites (tertiary alicyclic amines) is 1. The smallest absolute Gasteiger partial charge is 0.310 e. The molecule has 0 bridgehead atoms. The second-order valence-corrected chi connectivity index (χ2v) is 9.61. The van der Waals surface area contributed by atoms with Crippen molar-refractivity contribution in [3.63, 3.8) is 0 Å². The van der Waals surface area contributed by atoms with Crippen LogP contribution in [0, 0.1) is 29.6 Å². The molecule has 1 aromatic carbocycles. The van der Waals surface area contributed by atoms with E-state index >= 15 is 0 Å². The van der Waals surface area contributed by atoms with Gasteiger partial charge in [-0.3, -0.25) is 14.4 Å². The van der Waals surface area contributed by atoms with E-state index in [1.165, 1.54) is 0 Å². The monoisotopic (exact) mass is 470 g/mol. The Morgan fingerprint density at radius 3 is 2.44 bits per heavy atom. The number of rotatable bonds is 10. The number of carbonyl (C=O) groups is 3. The SMILES string of the molecule is CCC[C@@H]1C=C[C@H]2[C@@H](C(=O)N([C@@H](CO)C(C)C)[C@@H]2C(=O)NCc2ccccc2)[C@@H]1C(=O)OCC. The number of nitrogens with one attached hydrogen (secondary N) is 1. The quantitative estimate of drug-likeness (QED) is 0.405. The van der Waals surface area contributed by atoms with E-state index in [2.05, 4.69) is 5.32 Å². The molecular formula is C27H38N2O5. The second kappa shape index (κ2) is 11.6. The third-order valence-electron chi connectivity index (χ3n) is 7.12. The predicted octanol–water partition coefficient (Wildman–Crippen LogP) is 2.93. The number of amides is 2. The highest BCUT2D eigenvalue weighted by Crippen LogP contribution is 2.46. The highest BCUT2D eigenvalue weighted by molar-refractivity contribution is 5.96. The van der Waals surface area contributed by atoms with Crippen molar-refractivity contribution in [2.45, 2.75) is 59.2 Å². The third kappa shape index (κ3) is 5.19. The molecule has 1 fully saturated rings. The predicted molar refractivity (Wildman–Crippen MR) is 129 cm³/mol. The van der Waals surface area contributed by atoms with Gasteiger partial charge in [0.15, 0.2) is 0 Å². The standard InChI is InChI=1S/C27H38N2O5/c1-5-10-19-13-14-20-23(22(19)27(33)34-6-2)26(32)29(21(16-30)17(3)4)24(20)25(31)28-15-18-11-8-7-9-12-18/h7-9,11-14,17,19-24,30H,5-6,10,15-16H2,1-4H3,(H,28,31)/t19-,20+,21+,22-,23-,24+/m1/s1. The number of carbonyl (C=O) groups excluding carboxylic acids is 3. The Morgan fingerprint density at radius 1 is 1.15 bits per heavy atom. The lowest BCUT2D eigenvalue weighted by atomic mass is 9.69. The van der Waals surface area contributed by atoms with Crippen molar-refractivity contribution in [2.75, 3.05) is 13.2 Å². The van der Waals surface area contributed by atoms with Crippen LogP contribution in [0.1, 0.15) is 46.1 Å². The van der Waals surface area contributed by atoms with Crippen molar-refractivity contribution in [3.05, 3.63) is 48.0 Å². The molecule has 0 aromatic heterocycles. The van der Waals surface area contributed by atoms with Crippen LogP contribution in [0.2, 0.25) is 0 Å². The number of hydrogen-bond acceptors (Lipinski definition) is 5. The summed E-state index contributed by atoms with van der Waals surface area (Å²) in [5.74, 6) is -2.86. The van der Waals surface area contributed by atoms with Gasteiger partial charge in [-0.05, 0) is 30.7 Å². The van der Waals surface area contributed by atoms with E-state index in [-0.39, 0.29) is 42.8 Å². The van der Waals surface area contributed by atoms with Gasteiger partial charge in [0.05, 0.1) is 31.1 Å². The number of esters is 1. The van der Waals surface area contributed by atoms with E-state index in [0.717, 1.165) is 18.4 Å². The van der Waals surface area contributed by atoms with Crippen LogP contribution in [0.4, 0.5) is 0 Å². The lowest BCUT2D eigenvalue weighted by molar-refractivity contribution is -0.156. The van der Waals surface area contributed by atoms with Gasteiger partial charge in [0, 0.05) is 12.5 Å². The number of aliphatic hydroxyl groups excluding tert-OH is 1. The highest BCUT2D eigenvalue weighted by atomic mass is 16.5. The van der Waals surface area contributed by atoms with Crippen LogP contribution in [-0.4, -0.2) is 53.1 Å².